The maximum Gasteiger partial charge on any atom is 0.264 e. The fourth-order valence-electron chi connectivity index (χ4n) is 4.46. The Morgan fingerprint density at radius 3 is 2.32 bits per heavy atom. The lowest BCUT2D eigenvalue weighted by atomic mass is 10.0. The van der Waals surface area contributed by atoms with Crippen molar-refractivity contribution in [1.82, 2.24) is 19.7 Å². The topological polar surface area (TPSA) is 127 Å². The van der Waals surface area contributed by atoms with Crippen LogP contribution in [-0.2, 0) is 16.4 Å². The van der Waals surface area contributed by atoms with E-state index in [4.69, 9.17) is 33.3 Å². The molecule has 0 radical (unpaired) electrons. The first-order chi connectivity index (χ1) is 19.5. The molecule has 0 saturated carbocycles. The molecule has 0 amide bonds. The second kappa shape index (κ2) is 11.5. The second-order valence-electron chi connectivity index (χ2n) is 9.46. The van der Waals surface area contributed by atoms with E-state index in [0.29, 0.717) is 18.1 Å². The lowest BCUT2D eigenvalue weighted by molar-refractivity contribution is 0.598. The van der Waals surface area contributed by atoms with Crippen LogP contribution in [0.5, 0.6) is 0 Å². The van der Waals surface area contributed by atoms with Crippen LogP contribution in [0.25, 0.3) is 27.8 Å². The van der Waals surface area contributed by atoms with Gasteiger partial charge in [-0.15, -0.1) is 16.9 Å². The van der Waals surface area contributed by atoms with E-state index in [1.54, 1.807) is 30.8 Å². The number of halogens is 2. The molecule has 0 unspecified atom stereocenters. The smallest absolute Gasteiger partial charge is 0.264 e. The number of nitrogens with two attached hydrogens (primary N) is 1. The summed E-state index contributed by atoms with van der Waals surface area (Å²) in [7, 11) is -0.568. The SMILES string of the molecule is CCSc1cccc(-c2ccc(Cc3nc4c(c(N(C)C)nn4-c4c(Cl)cc(S(N)(=O)=O)cc4Cl)c(=O)[nH]3)cc2)c1. The van der Waals surface area contributed by atoms with Crippen LogP contribution in [0.4, 0.5) is 5.82 Å². The van der Waals surface area contributed by atoms with E-state index >= 15 is 0 Å². The molecule has 0 bridgehead atoms. The number of primary sulfonamides is 1. The third kappa shape index (κ3) is 6.00. The number of sulfonamides is 1. The summed E-state index contributed by atoms with van der Waals surface area (Å²) in [6.45, 7) is 2.13. The molecule has 41 heavy (non-hydrogen) atoms. The number of fused-ring (bicyclic) bond motifs is 1. The Morgan fingerprint density at radius 2 is 1.71 bits per heavy atom. The molecule has 9 nitrogen and oxygen atoms in total. The third-order valence-corrected chi connectivity index (χ3v) is 8.67. The minimum absolute atomic E-state index is 0.0168. The largest absolute Gasteiger partial charge is 0.361 e. The summed E-state index contributed by atoms with van der Waals surface area (Å²) in [5.74, 6) is 1.76. The van der Waals surface area contributed by atoms with Crippen LogP contribution in [0.2, 0.25) is 10.0 Å². The third-order valence-electron chi connectivity index (χ3n) is 6.33. The first-order valence-electron chi connectivity index (χ1n) is 12.5. The summed E-state index contributed by atoms with van der Waals surface area (Å²) >= 11 is 14.7. The molecule has 0 saturated heterocycles. The average molecular weight is 630 g/mol. The summed E-state index contributed by atoms with van der Waals surface area (Å²) in [5.41, 5.74) is 3.19. The van der Waals surface area contributed by atoms with Crippen molar-refractivity contribution in [3.63, 3.8) is 0 Å². The summed E-state index contributed by atoms with van der Waals surface area (Å²) in [5, 5.41) is 10.0. The van der Waals surface area contributed by atoms with Crippen molar-refractivity contribution in [2.75, 3.05) is 24.7 Å². The van der Waals surface area contributed by atoms with Crippen LogP contribution < -0.4 is 15.6 Å². The van der Waals surface area contributed by atoms with Crippen molar-refractivity contribution in [3.8, 4) is 16.8 Å². The molecule has 212 valence electrons. The molecule has 5 aromatic rings. The van der Waals surface area contributed by atoms with Crippen molar-refractivity contribution >= 4 is 61.8 Å². The Balaban J connectivity index is 1.56. The zero-order valence-electron chi connectivity index (χ0n) is 22.4. The van der Waals surface area contributed by atoms with Crippen LogP contribution in [-0.4, -0.2) is 48.0 Å². The maximum atomic E-state index is 13.3. The molecule has 0 aliphatic rings. The highest BCUT2D eigenvalue weighted by molar-refractivity contribution is 7.99. The lowest BCUT2D eigenvalue weighted by Gasteiger charge is -2.11. The van der Waals surface area contributed by atoms with Crippen LogP contribution >= 0.6 is 35.0 Å². The van der Waals surface area contributed by atoms with Crippen LogP contribution in [0.15, 0.2) is 75.2 Å². The van der Waals surface area contributed by atoms with Gasteiger partial charge in [-0.05, 0) is 46.7 Å². The van der Waals surface area contributed by atoms with Gasteiger partial charge < -0.3 is 9.88 Å². The van der Waals surface area contributed by atoms with Gasteiger partial charge in [0, 0.05) is 25.4 Å². The van der Waals surface area contributed by atoms with Gasteiger partial charge in [-0.25, -0.2) is 23.2 Å². The summed E-state index contributed by atoms with van der Waals surface area (Å²) in [6, 6.07) is 18.9. The van der Waals surface area contributed by atoms with Gasteiger partial charge in [-0.1, -0.05) is 66.5 Å². The Kier molecular flexibility index (Phi) is 8.18. The van der Waals surface area contributed by atoms with Crippen molar-refractivity contribution in [3.05, 3.63) is 92.5 Å². The monoisotopic (exact) mass is 628 g/mol. The minimum atomic E-state index is -4.05. The van der Waals surface area contributed by atoms with Crippen LogP contribution in [0.3, 0.4) is 0 Å². The Morgan fingerprint density at radius 1 is 1.02 bits per heavy atom. The fraction of sp³-hybridized carbons (Fsp3) is 0.179. The van der Waals surface area contributed by atoms with E-state index < -0.39 is 10.0 Å². The Labute approximate surface area is 251 Å². The molecular weight excluding hydrogens is 603 g/mol. The zero-order chi connectivity index (χ0) is 29.5. The normalized spacial score (nSPS) is 11.8. The Bertz CT molecular complexity index is 1910. The van der Waals surface area contributed by atoms with Crippen LogP contribution in [0.1, 0.15) is 18.3 Å². The summed E-state index contributed by atoms with van der Waals surface area (Å²) in [6.07, 6.45) is 0.353. The minimum Gasteiger partial charge on any atom is -0.361 e. The first kappa shape index (κ1) is 29.2. The number of H-pyrrole nitrogens is 1. The van der Waals surface area contributed by atoms with E-state index in [1.807, 2.05) is 24.3 Å². The van der Waals surface area contributed by atoms with Crippen molar-refractivity contribution < 1.29 is 8.42 Å². The molecule has 13 heteroatoms. The summed E-state index contributed by atoms with van der Waals surface area (Å²) < 4.78 is 25.1. The highest BCUT2D eigenvalue weighted by Gasteiger charge is 2.24. The van der Waals surface area contributed by atoms with E-state index in [9.17, 15) is 13.2 Å². The van der Waals surface area contributed by atoms with E-state index in [1.165, 1.54) is 21.7 Å². The maximum absolute atomic E-state index is 13.3. The number of rotatable bonds is 8. The van der Waals surface area contributed by atoms with Gasteiger partial charge in [0.2, 0.25) is 10.0 Å². The molecular formula is C28H26Cl2N6O3S2. The molecule has 3 aromatic carbocycles. The molecule has 2 heterocycles. The van der Waals surface area contributed by atoms with Gasteiger partial charge in [0.1, 0.15) is 16.9 Å². The van der Waals surface area contributed by atoms with Gasteiger partial charge >= 0.3 is 0 Å². The number of aromatic nitrogens is 4. The molecule has 3 N–H and O–H groups in total. The number of thioether (sulfide) groups is 1. The van der Waals surface area contributed by atoms with Gasteiger partial charge in [-0.2, -0.15) is 0 Å². The second-order valence-corrected chi connectivity index (χ2v) is 13.2. The number of hydrogen-bond donors (Lipinski definition) is 2. The molecule has 0 aliphatic carbocycles. The van der Waals surface area contributed by atoms with Crippen molar-refractivity contribution in [2.24, 2.45) is 5.14 Å². The van der Waals surface area contributed by atoms with Gasteiger partial charge in [0.05, 0.1) is 14.9 Å². The molecule has 5 rings (SSSR count). The number of hydrogen-bond acceptors (Lipinski definition) is 7. The van der Waals surface area contributed by atoms with E-state index in [2.05, 4.69) is 41.3 Å². The number of anilines is 1. The Hall–Kier alpha value is -3.35. The van der Waals surface area contributed by atoms with E-state index in [-0.39, 0.29) is 37.2 Å². The highest BCUT2D eigenvalue weighted by atomic mass is 35.5. The molecule has 0 atom stereocenters. The van der Waals surface area contributed by atoms with E-state index in [0.717, 1.165) is 22.4 Å². The van der Waals surface area contributed by atoms with Crippen molar-refractivity contribution in [1.29, 1.82) is 0 Å². The summed E-state index contributed by atoms with van der Waals surface area (Å²) in [4.78, 5) is 23.6. The predicted octanol–water partition coefficient (Wildman–Crippen LogP) is 5.50. The predicted molar refractivity (Wildman–Crippen MR) is 166 cm³/mol. The number of aromatic amines is 1. The molecule has 0 spiro atoms. The van der Waals surface area contributed by atoms with Gasteiger partial charge in [0.15, 0.2) is 11.5 Å². The molecule has 2 aromatic heterocycles. The standard InChI is InChI=1S/C28H26Cl2N6O3S2/c1-4-40-19-7-5-6-18(13-19)17-10-8-16(9-11-17)12-23-32-26-24(28(37)33-23)27(35(2)3)34-36(26)25-21(29)14-20(15-22(25)30)41(31,38)39/h5-11,13-15H,4,12H2,1-3H3,(H2,31,38,39)(H,32,33,37). The lowest BCUT2D eigenvalue weighted by Crippen LogP contribution is -2.16. The fourth-order valence-corrected chi connectivity index (χ4v) is 6.51. The first-order valence-corrected chi connectivity index (χ1v) is 15.8. The van der Waals surface area contributed by atoms with Crippen LogP contribution in [0, 0.1) is 0 Å². The van der Waals surface area contributed by atoms with Gasteiger partial charge in [-0.3, -0.25) is 4.79 Å². The number of nitrogens with zero attached hydrogens (tertiary/aromatic N) is 4. The number of benzene rings is 3. The molecule has 0 fully saturated rings. The quantitative estimate of drug-likeness (QED) is 0.217. The number of nitrogens with one attached hydrogen (secondary N) is 1. The average Bonchev–Trinajstić information content (AvgIpc) is 3.29. The molecule has 0 aliphatic heterocycles. The van der Waals surface area contributed by atoms with Gasteiger partial charge in [0.25, 0.3) is 5.56 Å². The van der Waals surface area contributed by atoms with Crippen molar-refractivity contribution in [2.45, 2.75) is 23.1 Å². The zero-order valence-corrected chi connectivity index (χ0v) is 25.5. The highest BCUT2D eigenvalue weighted by Crippen LogP contribution is 2.34.